The van der Waals surface area contributed by atoms with E-state index in [1.807, 2.05) is 31.2 Å². The Morgan fingerprint density at radius 1 is 1.11 bits per heavy atom. The van der Waals surface area contributed by atoms with Gasteiger partial charge in [0.05, 0.1) is 11.3 Å². The molecule has 0 saturated heterocycles. The highest BCUT2D eigenvalue weighted by atomic mass is 19.1. The van der Waals surface area contributed by atoms with Crippen molar-refractivity contribution < 1.29 is 13.6 Å². The highest BCUT2D eigenvalue weighted by Gasteiger charge is 2.13. The molecule has 0 aliphatic carbocycles. The first-order valence-electron chi connectivity index (χ1n) is 8.24. The molecule has 0 atom stereocenters. The Morgan fingerprint density at radius 3 is 2.41 bits per heavy atom. The zero-order valence-corrected chi connectivity index (χ0v) is 14.6. The summed E-state index contributed by atoms with van der Waals surface area (Å²) in [6.45, 7) is 1.83. The Kier molecular flexibility index (Phi) is 5.30. The summed E-state index contributed by atoms with van der Waals surface area (Å²) in [6, 6.07) is 12.9. The molecule has 27 heavy (non-hydrogen) atoms. The monoisotopic (exact) mass is 368 g/mol. The molecule has 3 aromatic rings. The van der Waals surface area contributed by atoms with Crippen LogP contribution in [0.3, 0.4) is 0 Å². The first-order valence-corrected chi connectivity index (χ1v) is 8.24. The quantitative estimate of drug-likeness (QED) is 0.611. The standard InChI is InChI=1S/C20H18F2N4O/c1-12-5-7-13(8-6-12)26-19-9-18(15(11-25-19)20(23)27)24-10-14-16(21)3-2-4-17(14)22/h2-9,11H,10H2,1H3,(H2,23,27)(H2,24,25,26). The fourth-order valence-corrected chi connectivity index (χ4v) is 2.54. The van der Waals surface area contributed by atoms with Crippen molar-refractivity contribution in [3.63, 3.8) is 0 Å². The SMILES string of the molecule is Cc1ccc(Nc2cc(NCc3c(F)cccc3F)c(C(N)=O)cn2)cc1. The minimum atomic E-state index is -0.694. The number of hydrogen-bond donors (Lipinski definition) is 3. The van der Waals surface area contributed by atoms with Crippen LogP contribution in [0.2, 0.25) is 0 Å². The van der Waals surface area contributed by atoms with Gasteiger partial charge in [0, 0.05) is 30.1 Å². The number of hydrogen-bond acceptors (Lipinski definition) is 4. The number of nitrogens with one attached hydrogen (secondary N) is 2. The summed E-state index contributed by atoms with van der Waals surface area (Å²) in [4.78, 5) is 15.8. The number of aromatic nitrogens is 1. The van der Waals surface area contributed by atoms with Crippen LogP contribution >= 0.6 is 0 Å². The van der Waals surface area contributed by atoms with Gasteiger partial charge in [-0.3, -0.25) is 4.79 Å². The number of benzene rings is 2. The van der Waals surface area contributed by atoms with Gasteiger partial charge in [-0.05, 0) is 31.2 Å². The van der Waals surface area contributed by atoms with E-state index in [-0.39, 0.29) is 17.7 Å². The zero-order valence-electron chi connectivity index (χ0n) is 14.6. The van der Waals surface area contributed by atoms with E-state index in [9.17, 15) is 13.6 Å². The molecule has 0 saturated carbocycles. The number of anilines is 3. The highest BCUT2D eigenvalue weighted by Crippen LogP contribution is 2.23. The lowest BCUT2D eigenvalue weighted by Gasteiger charge is -2.13. The molecule has 0 aliphatic rings. The van der Waals surface area contributed by atoms with Gasteiger partial charge >= 0.3 is 0 Å². The maximum absolute atomic E-state index is 13.8. The van der Waals surface area contributed by atoms with Crippen LogP contribution in [0.15, 0.2) is 54.7 Å². The first kappa shape index (κ1) is 18.3. The smallest absolute Gasteiger partial charge is 0.252 e. The second-order valence-corrected chi connectivity index (χ2v) is 6.02. The van der Waals surface area contributed by atoms with Crippen molar-refractivity contribution in [1.29, 1.82) is 0 Å². The van der Waals surface area contributed by atoms with Crippen molar-refractivity contribution in [2.75, 3.05) is 10.6 Å². The molecule has 1 aromatic heterocycles. The van der Waals surface area contributed by atoms with E-state index in [1.165, 1.54) is 24.4 Å². The Balaban J connectivity index is 1.85. The van der Waals surface area contributed by atoms with Crippen LogP contribution < -0.4 is 16.4 Å². The number of amides is 1. The van der Waals surface area contributed by atoms with Gasteiger partial charge < -0.3 is 16.4 Å². The zero-order chi connectivity index (χ0) is 19.4. The fourth-order valence-electron chi connectivity index (χ4n) is 2.54. The Bertz CT molecular complexity index is 954. The van der Waals surface area contributed by atoms with Crippen molar-refractivity contribution in [2.24, 2.45) is 5.73 Å². The summed E-state index contributed by atoms with van der Waals surface area (Å²) in [6.07, 6.45) is 1.32. The molecular weight excluding hydrogens is 350 g/mol. The van der Waals surface area contributed by atoms with E-state index in [0.717, 1.165) is 11.3 Å². The number of halogens is 2. The van der Waals surface area contributed by atoms with E-state index in [4.69, 9.17) is 5.73 Å². The van der Waals surface area contributed by atoms with Crippen molar-refractivity contribution >= 4 is 23.1 Å². The minimum Gasteiger partial charge on any atom is -0.380 e. The maximum atomic E-state index is 13.8. The molecular formula is C20H18F2N4O. The van der Waals surface area contributed by atoms with Crippen LogP contribution in [0.1, 0.15) is 21.5 Å². The number of rotatable bonds is 6. The average Bonchev–Trinajstić information content (AvgIpc) is 2.63. The molecule has 2 aromatic carbocycles. The molecule has 0 unspecified atom stereocenters. The molecule has 0 fully saturated rings. The molecule has 1 amide bonds. The normalized spacial score (nSPS) is 10.5. The molecule has 0 radical (unpaired) electrons. The highest BCUT2D eigenvalue weighted by molar-refractivity contribution is 5.98. The number of pyridine rings is 1. The van der Waals surface area contributed by atoms with Gasteiger partial charge in [0.1, 0.15) is 17.5 Å². The Morgan fingerprint density at radius 2 is 1.78 bits per heavy atom. The van der Waals surface area contributed by atoms with E-state index in [2.05, 4.69) is 15.6 Å². The Labute approximate surface area is 155 Å². The first-order chi connectivity index (χ1) is 12.9. The Hall–Kier alpha value is -3.48. The average molecular weight is 368 g/mol. The summed E-state index contributed by atoms with van der Waals surface area (Å²) >= 11 is 0. The van der Waals surface area contributed by atoms with Gasteiger partial charge in [-0.1, -0.05) is 23.8 Å². The molecule has 1 heterocycles. The molecule has 4 N–H and O–H groups in total. The predicted molar refractivity (Wildman–Crippen MR) is 101 cm³/mol. The van der Waals surface area contributed by atoms with Crippen LogP contribution in [-0.2, 0) is 6.54 Å². The fraction of sp³-hybridized carbons (Fsp3) is 0.100. The van der Waals surface area contributed by atoms with E-state index in [1.54, 1.807) is 6.07 Å². The maximum Gasteiger partial charge on any atom is 0.252 e. The van der Waals surface area contributed by atoms with Crippen molar-refractivity contribution in [3.05, 3.63) is 83.1 Å². The summed E-state index contributed by atoms with van der Waals surface area (Å²) in [5.41, 5.74) is 7.63. The molecule has 0 spiro atoms. The molecule has 7 heteroatoms. The van der Waals surface area contributed by atoms with Gasteiger partial charge in [-0.15, -0.1) is 0 Å². The van der Waals surface area contributed by atoms with Crippen LogP contribution in [0, 0.1) is 18.6 Å². The van der Waals surface area contributed by atoms with E-state index < -0.39 is 17.5 Å². The number of nitrogens with two attached hydrogens (primary N) is 1. The lowest BCUT2D eigenvalue weighted by molar-refractivity contribution is 0.100. The third-order valence-corrected chi connectivity index (χ3v) is 4.01. The lowest BCUT2D eigenvalue weighted by atomic mass is 10.1. The molecule has 3 rings (SSSR count). The van der Waals surface area contributed by atoms with Crippen LogP contribution in [0.25, 0.3) is 0 Å². The second-order valence-electron chi connectivity index (χ2n) is 6.02. The molecule has 0 bridgehead atoms. The number of aryl methyl sites for hydroxylation is 1. The van der Waals surface area contributed by atoms with Crippen molar-refractivity contribution in [2.45, 2.75) is 13.5 Å². The van der Waals surface area contributed by atoms with Gasteiger partial charge in [-0.25, -0.2) is 13.8 Å². The number of carbonyl (C=O) groups excluding carboxylic acids is 1. The van der Waals surface area contributed by atoms with Gasteiger partial charge in [-0.2, -0.15) is 0 Å². The van der Waals surface area contributed by atoms with Gasteiger partial charge in [0.25, 0.3) is 5.91 Å². The molecule has 0 aliphatic heterocycles. The topological polar surface area (TPSA) is 80.0 Å². The van der Waals surface area contributed by atoms with Crippen LogP contribution in [0.5, 0.6) is 0 Å². The van der Waals surface area contributed by atoms with E-state index >= 15 is 0 Å². The molecule has 138 valence electrons. The minimum absolute atomic E-state index is 0.126. The summed E-state index contributed by atoms with van der Waals surface area (Å²) in [5, 5.41) is 5.97. The largest absolute Gasteiger partial charge is 0.380 e. The van der Waals surface area contributed by atoms with Gasteiger partial charge in [0.2, 0.25) is 0 Å². The third-order valence-electron chi connectivity index (χ3n) is 4.01. The number of nitrogens with zero attached hydrogens (tertiary/aromatic N) is 1. The van der Waals surface area contributed by atoms with Crippen LogP contribution in [-0.4, -0.2) is 10.9 Å². The number of primary amides is 1. The van der Waals surface area contributed by atoms with Crippen molar-refractivity contribution in [1.82, 2.24) is 4.98 Å². The number of carbonyl (C=O) groups is 1. The summed E-state index contributed by atoms with van der Waals surface area (Å²) in [7, 11) is 0. The van der Waals surface area contributed by atoms with Crippen LogP contribution in [0.4, 0.5) is 26.0 Å². The molecule has 5 nitrogen and oxygen atoms in total. The van der Waals surface area contributed by atoms with Gasteiger partial charge in [0.15, 0.2) is 0 Å². The second kappa shape index (κ2) is 7.82. The summed E-state index contributed by atoms with van der Waals surface area (Å²) in [5.74, 6) is -1.58. The van der Waals surface area contributed by atoms with E-state index in [0.29, 0.717) is 11.5 Å². The lowest BCUT2D eigenvalue weighted by Crippen LogP contribution is -2.16. The summed E-state index contributed by atoms with van der Waals surface area (Å²) < 4.78 is 27.6. The van der Waals surface area contributed by atoms with Crippen molar-refractivity contribution in [3.8, 4) is 0 Å². The predicted octanol–water partition coefficient (Wildman–Crippen LogP) is 4.12. The third kappa shape index (κ3) is 4.38.